The van der Waals surface area contributed by atoms with Crippen LogP contribution in [-0.2, 0) is 4.74 Å². The molecule has 1 aliphatic rings. The summed E-state index contributed by atoms with van der Waals surface area (Å²) in [7, 11) is 0. The number of piperazine rings is 1. The Labute approximate surface area is 253 Å². The Bertz CT molecular complexity index is 1550. The number of nitrogens with zero attached hydrogens (tertiary/aromatic N) is 5. The van der Waals surface area contributed by atoms with Gasteiger partial charge in [-0.05, 0) is 84.2 Å². The van der Waals surface area contributed by atoms with Gasteiger partial charge in [0.15, 0.2) is 6.29 Å². The predicted octanol–water partition coefficient (Wildman–Crippen LogP) is 6.12. The highest BCUT2D eigenvalue weighted by molar-refractivity contribution is 7.22. The summed E-state index contributed by atoms with van der Waals surface area (Å²) in [6.07, 6.45) is -0.818. The molecule has 2 aromatic heterocycles. The van der Waals surface area contributed by atoms with Gasteiger partial charge in [-0.2, -0.15) is 0 Å². The molecule has 1 fully saturated rings. The lowest BCUT2D eigenvalue weighted by atomic mass is 9.90. The maximum Gasteiger partial charge on any atom is 0.226 e. The zero-order chi connectivity index (χ0) is 30.4. The Morgan fingerprint density at radius 3 is 2.17 bits per heavy atom. The minimum atomic E-state index is -1.69. The molecule has 0 saturated carbocycles. The van der Waals surface area contributed by atoms with E-state index in [0.717, 1.165) is 80.9 Å². The minimum Gasteiger partial charge on any atom is -0.366 e. The van der Waals surface area contributed by atoms with E-state index in [1.54, 1.807) is 11.3 Å². The van der Waals surface area contributed by atoms with Crippen molar-refractivity contribution in [3.05, 3.63) is 59.3 Å². The van der Waals surface area contributed by atoms with Gasteiger partial charge >= 0.3 is 0 Å². The van der Waals surface area contributed by atoms with E-state index in [2.05, 4.69) is 66.7 Å². The molecule has 0 spiro atoms. The number of hydrogen-bond donors (Lipinski definition) is 2. The van der Waals surface area contributed by atoms with Crippen LogP contribution in [0, 0.1) is 13.8 Å². The Morgan fingerprint density at radius 1 is 0.905 bits per heavy atom. The number of fused-ring (bicyclic) bond motifs is 1. The van der Waals surface area contributed by atoms with Crippen molar-refractivity contribution >= 4 is 27.5 Å². The second-order valence-corrected chi connectivity index (χ2v) is 14.2. The number of anilines is 1. The van der Waals surface area contributed by atoms with Crippen LogP contribution in [0.3, 0.4) is 0 Å². The number of aromatic nitrogens is 3. The summed E-state index contributed by atoms with van der Waals surface area (Å²) in [6.45, 7) is 20.2. The molecule has 0 radical (unpaired) electrons. The highest BCUT2D eigenvalue weighted by Gasteiger charge is 2.32. The van der Waals surface area contributed by atoms with E-state index in [9.17, 15) is 10.2 Å². The first-order chi connectivity index (χ1) is 19.7. The summed E-state index contributed by atoms with van der Waals surface area (Å²) in [4.78, 5) is 19.3. The summed E-state index contributed by atoms with van der Waals surface area (Å²) < 4.78 is 7.21. The monoisotopic (exact) mass is 589 g/mol. The molecule has 0 amide bonds. The van der Waals surface area contributed by atoms with Crippen LogP contribution in [-0.4, -0.2) is 73.7 Å². The summed E-state index contributed by atoms with van der Waals surface area (Å²) >= 11 is 1.56. The number of hydrogen-bond acceptors (Lipinski definition) is 9. The smallest absolute Gasteiger partial charge is 0.226 e. The van der Waals surface area contributed by atoms with Gasteiger partial charge in [0.1, 0.15) is 16.8 Å². The van der Waals surface area contributed by atoms with Gasteiger partial charge in [0, 0.05) is 43.5 Å². The van der Waals surface area contributed by atoms with E-state index >= 15 is 0 Å². The van der Waals surface area contributed by atoms with E-state index in [1.165, 1.54) is 0 Å². The Hall–Kier alpha value is -2.95. The van der Waals surface area contributed by atoms with Crippen molar-refractivity contribution in [1.29, 1.82) is 0 Å². The number of rotatable bonds is 6. The number of aliphatic hydroxyl groups excluding tert-OH is 1. The van der Waals surface area contributed by atoms with Gasteiger partial charge < -0.3 is 19.8 Å². The number of aryl methyl sites for hydroxylation is 2. The average molecular weight is 590 g/mol. The quantitative estimate of drug-likeness (QED) is 0.260. The summed E-state index contributed by atoms with van der Waals surface area (Å²) in [5.41, 5.74) is 5.84. The first-order valence-corrected chi connectivity index (χ1v) is 15.4. The normalized spacial score (nSPS) is 16.0. The van der Waals surface area contributed by atoms with Gasteiger partial charge in [0.25, 0.3) is 0 Å². The fourth-order valence-electron chi connectivity index (χ4n) is 5.54. The molecule has 1 aliphatic heterocycles. The van der Waals surface area contributed by atoms with Crippen LogP contribution in [0.25, 0.3) is 32.0 Å². The lowest BCUT2D eigenvalue weighted by Crippen LogP contribution is -2.53. The molecule has 1 saturated heterocycles. The van der Waals surface area contributed by atoms with E-state index < -0.39 is 18.0 Å². The number of thiazole rings is 1. The number of ether oxygens (including phenoxy) is 1. The molecule has 42 heavy (non-hydrogen) atoms. The molecule has 2 aromatic carbocycles. The molecule has 8 nitrogen and oxygen atoms in total. The van der Waals surface area contributed by atoms with E-state index in [1.807, 2.05) is 46.0 Å². The highest BCUT2D eigenvalue weighted by Crippen LogP contribution is 2.44. The summed E-state index contributed by atoms with van der Waals surface area (Å²) in [6, 6.07) is 12.2. The van der Waals surface area contributed by atoms with E-state index in [0.29, 0.717) is 0 Å². The number of benzene rings is 2. The summed E-state index contributed by atoms with van der Waals surface area (Å²) in [5, 5.41) is 21.9. The maximum atomic E-state index is 10.5. The Morgan fingerprint density at radius 2 is 1.57 bits per heavy atom. The molecule has 0 aliphatic carbocycles. The van der Waals surface area contributed by atoms with Crippen molar-refractivity contribution in [2.75, 3.05) is 31.1 Å². The highest BCUT2D eigenvalue weighted by atomic mass is 32.1. The van der Waals surface area contributed by atoms with E-state index in [-0.39, 0.29) is 5.54 Å². The van der Waals surface area contributed by atoms with Crippen LogP contribution in [0.4, 0.5) is 5.95 Å². The molecule has 1 atom stereocenters. The third-order valence-corrected chi connectivity index (χ3v) is 8.79. The molecule has 0 unspecified atom stereocenters. The molecular weight excluding hydrogens is 546 g/mol. The molecule has 2 N–H and O–H groups in total. The van der Waals surface area contributed by atoms with Gasteiger partial charge in [-0.15, -0.1) is 11.3 Å². The van der Waals surface area contributed by atoms with Crippen LogP contribution < -0.4 is 4.90 Å². The fraction of sp³-hybridized carbons (Fsp3) is 0.485. The standard InChI is InChI=1S/C33H43N5O3S/c1-20-9-11-22(12-10-20)26-25(27(30(39)40)41-33(6,7)8)21(2)19-24-28(26)42-29(35-24)23-13-14-34-31(36-23)37-15-17-38(18-16-37)32(3,4)5/h9-14,19,27,30,39-40H,15-18H2,1-8H3/t27-/m0/s1. The molecular formula is C33H43N5O3S. The van der Waals surface area contributed by atoms with Crippen LogP contribution in [0.1, 0.15) is 64.3 Å². The fourth-order valence-corrected chi connectivity index (χ4v) is 6.64. The van der Waals surface area contributed by atoms with Crippen LogP contribution in [0.5, 0.6) is 0 Å². The first kappa shape index (κ1) is 30.5. The number of aliphatic hydroxyl groups is 2. The van der Waals surface area contributed by atoms with Crippen molar-refractivity contribution in [2.45, 2.75) is 78.9 Å². The van der Waals surface area contributed by atoms with Gasteiger partial charge in [-0.3, -0.25) is 4.90 Å². The molecule has 5 rings (SSSR count). The average Bonchev–Trinajstić information content (AvgIpc) is 3.34. The molecule has 224 valence electrons. The molecule has 3 heterocycles. The predicted molar refractivity (Wildman–Crippen MR) is 171 cm³/mol. The second kappa shape index (κ2) is 11.6. The van der Waals surface area contributed by atoms with Crippen molar-refractivity contribution in [3.8, 4) is 21.8 Å². The maximum absolute atomic E-state index is 10.5. The largest absolute Gasteiger partial charge is 0.366 e. The topological polar surface area (TPSA) is 94.8 Å². The second-order valence-electron chi connectivity index (χ2n) is 13.2. The molecule has 9 heteroatoms. The third-order valence-electron chi connectivity index (χ3n) is 7.68. The zero-order valence-corrected chi connectivity index (χ0v) is 26.8. The van der Waals surface area contributed by atoms with Crippen LogP contribution in [0.15, 0.2) is 42.6 Å². The van der Waals surface area contributed by atoms with Crippen LogP contribution >= 0.6 is 11.3 Å². The first-order valence-electron chi connectivity index (χ1n) is 14.6. The van der Waals surface area contributed by atoms with E-state index in [4.69, 9.17) is 14.7 Å². The molecule has 4 aromatic rings. The lowest BCUT2D eigenvalue weighted by molar-refractivity contribution is -0.185. The Kier molecular flexibility index (Phi) is 8.44. The summed E-state index contributed by atoms with van der Waals surface area (Å²) in [5.74, 6) is 0.720. The molecule has 0 bridgehead atoms. The van der Waals surface area contributed by atoms with Crippen molar-refractivity contribution in [1.82, 2.24) is 19.9 Å². The van der Waals surface area contributed by atoms with Crippen molar-refractivity contribution < 1.29 is 14.9 Å². The minimum absolute atomic E-state index is 0.144. The van der Waals surface area contributed by atoms with Gasteiger partial charge in [-0.1, -0.05) is 29.8 Å². The van der Waals surface area contributed by atoms with Crippen LogP contribution in [0.2, 0.25) is 0 Å². The third kappa shape index (κ3) is 6.50. The van der Waals surface area contributed by atoms with Gasteiger partial charge in [-0.25, -0.2) is 15.0 Å². The SMILES string of the molecule is Cc1ccc(-c2c([C@H](OC(C)(C)C)C(O)O)c(C)cc3nc(-c4ccnc(N5CCN(C(C)(C)C)CC5)n4)sc23)cc1. The van der Waals surface area contributed by atoms with Gasteiger partial charge in [0.2, 0.25) is 5.95 Å². The Balaban J connectivity index is 1.60. The lowest BCUT2D eigenvalue weighted by Gasteiger charge is -2.42. The van der Waals surface area contributed by atoms with Gasteiger partial charge in [0.05, 0.1) is 15.8 Å². The van der Waals surface area contributed by atoms with Crippen molar-refractivity contribution in [3.63, 3.8) is 0 Å². The van der Waals surface area contributed by atoms with Crippen molar-refractivity contribution in [2.24, 2.45) is 0 Å². The zero-order valence-electron chi connectivity index (χ0n) is 26.0.